The average molecular weight is 366 g/mol. The lowest BCUT2D eigenvalue weighted by molar-refractivity contribution is 0.312. The Morgan fingerprint density at radius 1 is 0.808 bits per heavy atom. The first-order chi connectivity index (χ1) is 12.7. The number of halogens is 1. The summed E-state index contributed by atoms with van der Waals surface area (Å²) in [5.41, 5.74) is 2.74. The van der Waals surface area contributed by atoms with E-state index >= 15 is 0 Å². The van der Waals surface area contributed by atoms with Gasteiger partial charge in [-0.3, -0.25) is 0 Å². The second-order valence-electron chi connectivity index (χ2n) is 6.47. The third kappa shape index (κ3) is 3.54. The first-order valence-electron chi connectivity index (χ1n) is 8.70. The fourth-order valence-electron chi connectivity index (χ4n) is 3.06. The van der Waals surface area contributed by atoms with E-state index in [0.717, 1.165) is 48.8 Å². The van der Waals surface area contributed by atoms with Crippen molar-refractivity contribution in [3.63, 3.8) is 0 Å². The highest BCUT2D eigenvalue weighted by molar-refractivity contribution is 6.30. The fourth-order valence-corrected chi connectivity index (χ4v) is 3.19. The van der Waals surface area contributed by atoms with Gasteiger partial charge < -0.3 is 9.80 Å². The Bertz CT molecular complexity index is 874. The van der Waals surface area contributed by atoms with E-state index in [0.29, 0.717) is 10.8 Å². The monoisotopic (exact) mass is 365 g/mol. The van der Waals surface area contributed by atoms with E-state index in [1.54, 1.807) is 0 Å². The van der Waals surface area contributed by atoms with E-state index in [1.807, 2.05) is 54.6 Å². The normalized spacial score (nSPS) is 15.2. The lowest BCUT2D eigenvalue weighted by atomic mass is 10.1. The summed E-state index contributed by atoms with van der Waals surface area (Å²) in [4.78, 5) is 9.51. The van der Waals surface area contributed by atoms with Crippen molar-refractivity contribution >= 4 is 17.4 Å². The lowest BCUT2D eigenvalue weighted by Gasteiger charge is -2.34. The van der Waals surface area contributed by atoms with E-state index in [4.69, 9.17) is 16.6 Å². The van der Waals surface area contributed by atoms with Gasteiger partial charge in [0.25, 0.3) is 0 Å². The van der Waals surface area contributed by atoms with Gasteiger partial charge in [-0.2, -0.15) is 0 Å². The molecule has 1 saturated heterocycles. The molecular formula is C20H20ClN5. The molecule has 0 saturated carbocycles. The molecule has 0 unspecified atom stereocenters. The predicted octanol–water partition coefficient (Wildman–Crippen LogP) is 3.61. The Morgan fingerprint density at radius 2 is 1.50 bits per heavy atom. The second kappa shape index (κ2) is 7.40. The second-order valence-corrected chi connectivity index (χ2v) is 6.91. The minimum atomic E-state index is 0.650. The van der Waals surface area contributed by atoms with Crippen LogP contribution in [0.5, 0.6) is 0 Å². The van der Waals surface area contributed by atoms with Crippen molar-refractivity contribution in [3.05, 3.63) is 59.6 Å². The van der Waals surface area contributed by atoms with Crippen molar-refractivity contribution in [2.75, 3.05) is 38.1 Å². The number of piperazine rings is 1. The maximum Gasteiger partial charge on any atom is 0.183 e. The zero-order valence-electron chi connectivity index (χ0n) is 14.6. The van der Waals surface area contributed by atoms with Crippen LogP contribution >= 0.6 is 11.6 Å². The molecule has 0 N–H and O–H groups in total. The highest BCUT2D eigenvalue weighted by atomic mass is 35.5. The molecule has 2 heterocycles. The first kappa shape index (κ1) is 16.9. The summed E-state index contributed by atoms with van der Waals surface area (Å²) < 4.78 is 0. The summed E-state index contributed by atoms with van der Waals surface area (Å²) in [6.07, 6.45) is 0. The molecule has 0 bridgehead atoms. The van der Waals surface area contributed by atoms with E-state index in [9.17, 15) is 0 Å². The summed E-state index contributed by atoms with van der Waals surface area (Å²) in [6.45, 7) is 3.85. The molecule has 5 nitrogen and oxygen atoms in total. The minimum absolute atomic E-state index is 0.650. The SMILES string of the molecule is CN1CCN(c2nc(-c3ccccc3)nnc2-c2ccc(Cl)cc2)CC1. The largest absolute Gasteiger partial charge is 0.352 e. The summed E-state index contributed by atoms with van der Waals surface area (Å²) in [5.74, 6) is 1.53. The zero-order chi connectivity index (χ0) is 17.9. The van der Waals surface area contributed by atoms with Crippen LogP contribution in [0.25, 0.3) is 22.6 Å². The molecule has 26 heavy (non-hydrogen) atoms. The number of hydrogen-bond donors (Lipinski definition) is 0. The molecule has 1 fully saturated rings. The van der Waals surface area contributed by atoms with Crippen molar-refractivity contribution in [2.24, 2.45) is 0 Å². The maximum absolute atomic E-state index is 6.04. The quantitative estimate of drug-likeness (QED) is 0.709. The van der Waals surface area contributed by atoms with Crippen molar-refractivity contribution in [1.29, 1.82) is 0 Å². The van der Waals surface area contributed by atoms with Crippen molar-refractivity contribution in [2.45, 2.75) is 0 Å². The van der Waals surface area contributed by atoms with Gasteiger partial charge in [-0.15, -0.1) is 10.2 Å². The van der Waals surface area contributed by atoms with Gasteiger partial charge in [0.1, 0.15) is 5.69 Å². The maximum atomic E-state index is 6.04. The van der Waals surface area contributed by atoms with Gasteiger partial charge in [-0.25, -0.2) is 4.98 Å². The molecule has 1 aromatic heterocycles. The van der Waals surface area contributed by atoms with E-state index < -0.39 is 0 Å². The number of anilines is 1. The molecule has 0 spiro atoms. The fraction of sp³-hybridized carbons (Fsp3) is 0.250. The van der Waals surface area contributed by atoms with E-state index in [2.05, 4.69) is 27.0 Å². The molecule has 4 rings (SSSR count). The van der Waals surface area contributed by atoms with Gasteiger partial charge in [0.2, 0.25) is 0 Å². The molecule has 0 aliphatic carbocycles. The van der Waals surface area contributed by atoms with Crippen LogP contribution in [0.15, 0.2) is 54.6 Å². The van der Waals surface area contributed by atoms with Gasteiger partial charge in [0, 0.05) is 42.3 Å². The number of rotatable bonds is 3. The van der Waals surface area contributed by atoms with Crippen LogP contribution in [0.2, 0.25) is 5.02 Å². The topological polar surface area (TPSA) is 45.2 Å². The highest BCUT2D eigenvalue weighted by Crippen LogP contribution is 2.30. The van der Waals surface area contributed by atoms with E-state index in [1.165, 1.54) is 0 Å². The molecule has 1 aliphatic heterocycles. The van der Waals surface area contributed by atoms with Crippen molar-refractivity contribution in [1.82, 2.24) is 20.1 Å². The number of aromatic nitrogens is 3. The van der Waals surface area contributed by atoms with E-state index in [-0.39, 0.29) is 0 Å². The Hall–Kier alpha value is -2.50. The van der Waals surface area contributed by atoms with Gasteiger partial charge in [0.15, 0.2) is 11.6 Å². The van der Waals surface area contributed by atoms with Gasteiger partial charge in [-0.1, -0.05) is 54.1 Å². The first-order valence-corrected chi connectivity index (χ1v) is 9.08. The zero-order valence-corrected chi connectivity index (χ0v) is 15.4. The van der Waals surface area contributed by atoms with Crippen LogP contribution < -0.4 is 4.90 Å². The van der Waals surface area contributed by atoms with Crippen LogP contribution in [0.1, 0.15) is 0 Å². The minimum Gasteiger partial charge on any atom is -0.352 e. The Morgan fingerprint density at radius 3 is 2.19 bits per heavy atom. The lowest BCUT2D eigenvalue weighted by Crippen LogP contribution is -2.45. The molecule has 0 atom stereocenters. The summed E-state index contributed by atoms with van der Waals surface area (Å²) in [5, 5.41) is 9.63. The molecule has 132 valence electrons. The average Bonchev–Trinajstić information content (AvgIpc) is 2.70. The van der Waals surface area contributed by atoms with Crippen LogP contribution in [-0.2, 0) is 0 Å². The number of hydrogen-bond acceptors (Lipinski definition) is 5. The molecule has 1 aliphatic rings. The summed E-state index contributed by atoms with van der Waals surface area (Å²) >= 11 is 6.04. The molecule has 6 heteroatoms. The highest BCUT2D eigenvalue weighted by Gasteiger charge is 2.21. The van der Waals surface area contributed by atoms with Gasteiger partial charge in [0.05, 0.1) is 0 Å². The molecule has 3 aromatic rings. The summed E-state index contributed by atoms with van der Waals surface area (Å²) in [6, 6.07) is 17.7. The third-order valence-electron chi connectivity index (χ3n) is 4.62. The van der Waals surface area contributed by atoms with Crippen molar-refractivity contribution < 1.29 is 0 Å². The molecular weight excluding hydrogens is 346 g/mol. The number of nitrogens with zero attached hydrogens (tertiary/aromatic N) is 5. The number of benzene rings is 2. The third-order valence-corrected chi connectivity index (χ3v) is 4.87. The summed E-state index contributed by atoms with van der Waals surface area (Å²) in [7, 11) is 2.14. The van der Waals surface area contributed by atoms with Crippen LogP contribution in [0, 0.1) is 0 Å². The van der Waals surface area contributed by atoms with Crippen LogP contribution in [0.3, 0.4) is 0 Å². The van der Waals surface area contributed by atoms with Crippen molar-refractivity contribution in [3.8, 4) is 22.6 Å². The smallest absolute Gasteiger partial charge is 0.183 e. The molecule has 2 aromatic carbocycles. The Labute approximate surface area is 158 Å². The predicted molar refractivity (Wildman–Crippen MR) is 105 cm³/mol. The Kier molecular flexibility index (Phi) is 4.82. The molecule has 0 radical (unpaired) electrons. The Balaban J connectivity index is 1.78. The van der Waals surface area contributed by atoms with Crippen LogP contribution in [-0.4, -0.2) is 53.3 Å². The standard InChI is InChI=1S/C20H20ClN5/c1-25-11-13-26(14-12-25)20-18(15-7-9-17(21)10-8-15)23-24-19(22-20)16-5-3-2-4-6-16/h2-10H,11-14H2,1H3. The molecule has 0 amide bonds. The van der Waals surface area contributed by atoms with Gasteiger partial charge >= 0.3 is 0 Å². The van der Waals surface area contributed by atoms with Gasteiger partial charge in [-0.05, 0) is 19.2 Å². The number of likely N-dealkylation sites (N-methyl/N-ethyl adjacent to an activating group) is 1. The van der Waals surface area contributed by atoms with Crippen LogP contribution in [0.4, 0.5) is 5.82 Å².